The van der Waals surface area contributed by atoms with Gasteiger partial charge in [-0.1, -0.05) is 0 Å². The Bertz CT molecular complexity index is 143. The second kappa shape index (κ2) is 7.25. The Morgan fingerprint density at radius 1 is 0.688 bits per heavy atom. The molecule has 0 radical (unpaired) electrons. The molecule has 98 valence electrons. The molecule has 0 atom stereocenters. The lowest BCUT2D eigenvalue weighted by Gasteiger charge is -2.35. The predicted molar refractivity (Wildman–Crippen MR) is 70.2 cm³/mol. The van der Waals surface area contributed by atoms with E-state index in [1.807, 2.05) is 0 Å². The number of hydroxylamine groups is 2. The van der Waals surface area contributed by atoms with E-state index in [1.165, 1.54) is 0 Å². The van der Waals surface area contributed by atoms with Gasteiger partial charge in [0.15, 0.2) is 0 Å². The van der Waals surface area contributed by atoms with Gasteiger partial charge in [-0.3, -0.25) is 9.74 Å². The molecule has 0 aliphatic rings. The molecule has 0 rings (SSSR count). The van der Waals surface area contributed by atoms with Crippen molar-refractivity contribution in [1.82, 2.24) is 9.96 Å². The van der Waals surface area contributed by atoms with Crippen LogP contribution in [-0.4, -0.2) is 40.9 Å². The Kier molecular flexibility index (Phi) is 7.20. The van der Waals surface area contributed by atoms with Crippen LogP contribution >= 0.6 is 0 Å². The second-order valence-electron chi connectivity index (χ2n) is 5.51. The van der Waals surface area contributed by atoms with Gasteiger partial charge in [-0.05, 0) is 55.4 Å². The van der Waals surface area contributed by atoms with Crippen molar-refractivity contribution in [3.05, 3.63) is 0 Å². The minimum atomic E-state index is 0.418. The van der Waals surface area contributed by atoms with Gasteiger partial charge < -0.3 is 0 Å². The van der Waals surface area contributed by atoms with Crippen LogP contribution in [0.3, 0.4) is 0 Å². The third kappa shape index (κ3) is 5.28. The monoisotopic (exact) mass is 230 g/mol. The van der Waals surface area contributed by atoms with Crippen LogP contribution in [0.5, 0.6) is 0 Å². The van der Waals surface area contributed by atoms with Gasteiger partial charge in [0.25, 0.3) is 0 Å². The summed E-state index contributed by atoms with van der Waals surface area (Å²) in [6.45, 7) is 18.1. The Hall–Kier alpha value is -0.120. The normalized spacial score (nSPS) is 13.1. The smallest absolute Gasteiger partial charge is 0.122 e. The molecule has 0 N–H and O–H groups in total. The first-order chi connectivity index (χ1) is 7.27. The van der Waals surface area contributed by atoms with Crippen LogP contribution in [0.15, 0.2) is 0 Å². The standard InChI is InChI=1S/C13H30N2O/c1-10(2)14(11(3)4)9-16-15(12(5)6)13(7)8/h10-13H,9H2,1-8H3. The lowest BCUT2D eigenvalue weighted by Crippen LogP contribution is -2.44. The first-order valence-corrected chi connectivity index (χ1v) is 6.44. The predicted octanol–water partition coefficient (Wildman–Crippen LogP) is 3.11. The summed E-state index contributed by atoms with van der Waals surface area (Å²) in [5, 5.41) is 2.07. The van der Waals surface area contributed by atoms with E-state index in [-0.39, 0.29) is 0 Å². The van der Waals surface area contributed by atoms with E-state index in [9.17, 15) is 0 Å². The van der Waals surface area contributed by atoms with Gasteiger partial charge in [0.2, 0.25) is 0 Å². The number of hydrogen-bond acceptors (Lipinski definition) is 3. The SMILES string of the molecule is CC(C)N(CON(C(C)C)C(C)C)C(C)C. The van der Waals surface area contributed by atoms with E-state index < -0.39 is 0 Å². The minimum Gasteiger partial charge on any atom is -0.283 e. The van der Waals surface area contributed by atoms with Crippen LogP contribution in [0.25, 0.3) is 0 Å². The molecule has 0 aromatic heterocycles. The molecular formula is C13H30N2O. The molecule has 3 nitrogen and oxygen atoms in total. The van der Waals surface area contributed by atoms with Crippen molar-refractivity contribution in [2.24, 2.45) is 0 Å². The van der Waals surface area contributed by atoms with Gasteiger partial charge in [-0.2, -0.15) is 5.06 Å². The fraction of sp³-hybridized carbons (Fsp3) is 1.00. The summed E-state index contributed by atoms with van der Waals surface area (Å²) in [6.07, 6.45) is 0. The zero-order valence-electron chi connectivity index (χ0n) is 12.3. The quantitative estimate of drug-likeness (QED) is 0.494. The highest BCUT2D eigenvalue weighted by Gasteiger charge is 2.18. The summed E-state index contributed by atoms with van der Waals surface area (Å²) in [5.74, 6) is 0. The fourth-order valence-electron chi connectivity index (χ4n) is 1.92. The highest BCUT2D eigenvalue weighted by atomic mass is 16.7. The highest BCUT2D eigenvalue weighted by molar-refractivity contribution is 4.64. The summed E-state index contributed by atoms with van der Waals surface area (Å²) < 4.78 is 0. The molecule has 0 aliphatic heterocycles. The largest absolute Gasteiger partial charge is 0.283 e. The van der Waals surface area contributed by atoms with Gasteiger partial charge >= 0.3 is 0 Å². The van der Waals surface area contributed by atoms with Crippen molar-refractivity contribution < 1.29 is 4.84 Å². The molecule has 0 aromatic rings. The Labute approximate surface area is 102 Å². The van der Waals surface area contributed by atoms with Crippen LogP contribution < -0.4 is 0 Å². The summed E-state index contributed by atoms with van der Waals surface area (Å²) >= 11 is 0. The van der Waals surface area contributed by atoms with E-state index in [1.54, 1.807) is 0 Å². The molecule has 16 heavy (non-hydrogen) atoms. The van der Waals surface area contributed by atoms with E-state index in [2.05, 4.69) is 65.4 Å². The van der Waals surface area contributed by atoms with Crippen LogP contribution in [0, 0.1) is 0 Å². The van der Waals surface area contributed by atoms with E-state index in [4.69, 9.17) is 4.84 Å². The summed E-state index contributed by atoms with van der Waals surface area (Å²) in [7, 11) is 0. The maximum Gasteiger partial charge on any atom is 0.122 e. The van der Waals surface area contributed by atoms with Crippen LogP contribution in [0.1, 0.15) is 55.4 Å². The van der Waals surface area contributed by atoms with E-state index in [0.29, 0.717) is 30.9 Å². The minimum absolute atomic E-state index is 0.418. The number of rotatable bonds is 7. The number of nitrogens with zero attached hydrogens (tertiary/aromatic N) is 2. The average molecular weight is 230 g/mol. The lowest BCUT2D eigenvalue weighted by atomic mass is 10.2. The molecule has 0 unspecified atom stereocenters. The third-order valence-corrected chi connectivity index (χ3v) is 2.70. The zero-order chi connectivity index (χ0) is 12.9. The molecule has 0 aromatic carbocycles. The second-order valence-corrected chi connectivity index (χ2v) is 5.51. The Morgan fingerprint density at radius 2 is 1.06 bits per heavy atom. The Morgan fingerprint density at radius 3 is 1.31 bits per heavy atom. The molecule has 0 saturated carbocycles. The maximum atomic E-state index is 5.91. The van der Waals surface area contributed by atoms with Gasteiger partial charge in [-0.25, -0.2) is 0 Å². The summed E-state index contributed by atoms with van der Waals surface area (Å²) in [4.78, 5) is 8.25. The topological polar surface area (TPSA) is 15.7 Å². The molecule has 0 aliphatic carbocycles. The fourth-order valence-corrected chi connectivity index (χ4v) is 1.92. The molecule has 3 heteroatoms. The molecule has 0 saturated heterocycles. The van der Waals surface area contributed by atoms with Gasteiger partial charge in [-0.15, -0.1) is 0 Å². The van der Waals surface area contributed by atoms with Crippen LogP contribution in [0.2, 0.25) is 0 Å². The Balaban J connectivity index is 4.27. The first-order valence-electron chi connectivity index (χ1n) is 6.44. The van der Waals surface area contributed by atoms with Crippen molar-refractivity contribution >= 4 is 0 Å². The molecule has 0 fully saturated rings. The molecule has 0 spiro atoms. The van der Waals surface area contributed by atoms with Crippen molar-refractivity contribution in [2.75, 3.05) is 6.73 Å². The zero-order valence-corrected chi connectivity index (χ0v) is 12.3. The average Bonchev–Trinajstić information content (AvgIpc) is 2.09. The van der Waals surface area contributed by atoms with Crippen LogP contribution in [-0.2, 0) is 4.84 Å². The molecular weight excluding hydrogens is 200 g/mol. The number of hydrogen-bond donors (Lipinski definition) is 0. The van der Waals surface area contributed by atoms with Crippen LogP contribution in [0.4, 0.5) is 0 Å². The molecule has 0 bridgehead atoms. The van der Waals surface area contributed by atoms with Crippen molar-refractivity contribution in [3.63, 3.8) is 0 Å². The molecule has 0 amide bonds. The third-order valence-electron chi connectivity index (χ3n) is 2.70. The van der Waals surface area contributed by atoms with Gasteiger partial charge in [0, 0.05) is 24.2 Å². The molecule has 0 heterocycles. The van der Waals surface area contributed by atoms with Crippen molar-refractivity contribution in [1.29, 1.82) is 0 Å². The van der Waals surface area contributed by atoms with Crippen molar-refractivity contribution in [3.8, 4) is 0 Å². The highest BCUT2D eigenvalue weighted by Crippen LogP contribution is 2.10. The summed E-state index contributed by atoms with van der Waals surface area (Å²) in [5.41, 5.74) is 0. The summed E-state index contributed by atoms with van der Waals surface area (Å²) in [6, 6.07) is 1.87. The van der Waals surface area contributed by atoms with Crippen molar-refractivity contribution in [2.45, 2.75) is 79.6 Å². The van der Waals surface area contributed by atoms with Gasteiger partial charge in [0.1, 0.15) is 6.73 Å². The van der Waals surface area contributed by atoms with Gasteiger partial charge in [0.05, 0.1) is 0 Å². The maximum absolute atomic E-state index is 5.91. The first kappa shape index (κ1) is 15.9. The van der Waals surface area contributed by atoms with E-state index >= 15 is 0 Å². The lowest BCUT2D eigenvalue weighted by molar-refractivity contribution is -0.232. The van der Waals surface area contributed by atoms with E-state index in [0.717, 1.165) is 0 Å².